The van der Waals surface area contributed by atoms with E-state index in [2.05, 4.69) is 15.9 Å². The molecule has 1 fully saturated rings. The molecule has 1 saturated heterocycles. The first-order valence-corrected chi connectivity index (χ1v) is 9.06. The summed E-state index contributed by atoms with van der Waals surface area (Å²) in [5, 5.41) is 0.509. The molecule has 1 aromatic rings. The van der Waals surface area contributed by atoms with Crippen LogP contribution < -0.4 is 0 Å². The van der Waals surface area contributed by atoms with Crippen LogP contribution in [0.15, 0.2) is 23.1 Å². The fraction of sp³-hybridized carbons (Fsp3) is 0.538. The summed E-state index contributed by atoms with van der Waals surface area (Å²) in [5.41, 5.74) is 0. The van der Waals surface area contributed by atoms with Crippen molar-refractivity contribution >= 4 is 26.0 Å². The topological polar surface area (TPSA) is 37.4 Å². The van der Waals surface area contributed by atoms with Crippen molar-refractivity contribution < 1.29 is 17.2 Å². The minimum absolute atomic E-state index is 0.188. The van der Waals surface area contributed by atoms with E-state index in [1.54, 1.807) is 0 Å². The summed E-state index contributed by atoms with van der Waals surface area (Å²) in [6.45, 7) is 0.370. The highest BCUT2D eigenvalue weighted by molar-refractivity contribution is 9.09. The van der Waals surface area contributed by atoms with E-state index in [9.17, 15) is 17.2 Å². The molecule has 1 atom stereocenters. The third kappa shape index (κ3) is 3.20. The van der Waals surface area contributed by atoms with Gasteiger partial charge in [-0.25, -0.2) is 17.2 Å². The Morgan fingerprint density at radius 1 is 1.25 bits per heavy atom. The van der Waals surface area contributed by atoms with Gasteiger partial charge in [-0.3, -0.25) is 0 Å². The number of hydrogen-bond acceptors (Lipinski definition) is 2. The van der Waals surface area contributed by atoms with Gasteiger partial charge in [0.25, 0.3) is 0 Å². The Bertz CT molecular complexity index is 580. The first kappa shape index (κ1) is 15.9. The molecule has 2 rings (SSSR count). The SMILES string of the molecule is O=S(=O)(c1ccc(F)cc1F)N1CCCCCC1CBr. The maximum Gasteiger partial charge on any atom is 0.246 e. The molecule has 0 saturated carbocycles. The zero-order chi connectivity index (χ0) is 14.8. The molecule has 1 aliphatic heterocycles. The highest BCUT2D eigenvalue weighted by atomic mass is 79.9. The second-order valence-corrected chi connectivity index (χ2v) is 7.35. The molecule has 1 heterocycles. The molecule has 1 aromatic carbocycles. The molecular weight excluding hydrogens is 352 g/mol. The van der Waals surface area contributed by atoms with Gasteiger partial charge in [-0.05, 0) is 25.0 Å². The first-order valence-electron chi connectivity index (χ1n) is 6.49. The molecule has 7 heteroatoms. The molecule has 0 aliphatic carbocycles. The van der Waals surface area contributed by atoms with E-state index in [4.69, 9.17) is 0 Å². The largest absolute Gasteiger partial charge is 0.246 e. The molecule has 112 valence electrons. The molecule has 3 nitrogen and oxygen atoms in total. The molecule has 0 spiro atoms. The van der Waals surface area contributed by atoms with E-state index < -0.39 is 26.6 Å². The average molecular weight is 368 g/mol. The maximum absolute atomic E-state index is 13.8. The van der Waals surface area contributed by atoms with Crippen molar-refractivity contribution in [1.29, 1.82) is 0 Å². The minimum Gasteiger partial charge on any atom is -0.207 e. The second kappa shape index (κ2) is 6.49. The molecule has 1 unspecified atom stereocenters. The van der Waals surface area contributed by atoms with E-state index in [1.165, 1.54) is 4.31 Å². The number of sulfonamides is 1. The molecule has 0 radical (unpaired) electrons. The predicted octanol–water partition coefficient (Wildman–Crippen LogP) is 3.29. The van der Waals surface area contributed by atoms with Crippen LogP contribution in [0.2, 0.25) is 0 Å². The van der Waals surface area contributed by atoms with Gasteiger partial charge in [0.1, 0.15) is 16.5 Å². The van der Waals surface area contributed by atoms with Crippen LogP contribution >= 0.6 is 15.9 Å². The van der Waals surface area contributed by atoms with Gasteiger partial charge in [-0.2, -0.15) is 4.31 Å². The van der Waals surface area contributed by atoms with Crippen molar-refractivity contribution in [3.05, 3.63) is 29.8 Å². The Morgan fingerprint density at radius 3 is 2.65 bits per heavy atom. The second-order valence-electron chi connectivity index (χ2n) is 4.85. The lowest BCUT2D eigenvalue weighted by Crippen LogP contribution is -2.41. The number of alkyl halides is 1. The maximum atomic E-state index is 13.8. The van der Waals surface area contributed by atoms with E-state index in [-0.39, 0.29) is 6.04 Å². The lowest BCUT2D eigenvalue weighted by atomic mass is 10.1. The summed E-state index contributed by atoms with van der Waals surface area (Å²) in [6, 6.07) is 2.38. The highest BCUT2D eigenvalue weighted by Gasteiger charge is 2.33. The normalized spacial score (nSPS) is 21.6. The lowest BCUT2D eigenvalue weighted by molar-refractivity contribution is 0.345. The molecular formula is C13H16BrF2NO2S. The van der Waals surface area contributed by atoms with Crippen LogP contribution in [0, 0.1) is 11.6 Å². The highest BCUT2D eigenvalue weighted by Crippen LogP contribution is 2.27. The average Bonchev–Trinajstić information content (AvgIpc) is 2.63. The molecule has 0 aromatic heterocycles. The van der Waals surface area contributed by atoms with Crippen LogP contribution in [0.1, 0.15) is 25.7 Å². The first-order chi connectivity index (χ1) is 9.46. The summed E-state index contributed by atoms with van der Waals surface area (Å²) in [5.74, 6) is -1.82. The summed E-state index contributed by atoms with van der Waals surface area (Å²) in [7, 11) is -3.93. The van der Waals surface area contributed by atoms with E-state index in [1.807, 2.05) is 0 Å². The Hall–Kier alpha value is -0.530. The van der Waals surface area contributed by atoms with E-state index >= 15 is 0 Å². The smallest absolute Gasteiger partial charge is 0.207 e. The van der Waals surface area contributed by atoms with Crippen LogP contribution in [-0.4, -0.2) is 30.6 Å². The number of halogens is 3. The van der Waals surface area contributed by atoms with Crippen molar-refractivity contribution in [2.24, 2.45) is 0 Å². The fourth-order valence-corrected chi connectivity index (χ4v) is 5.04. The molecule has 0 N–H and O–H groups in total. The fourth-order valence-electron chi connectivity index (χ4n) is 2.43. The van der Waals surface area contributed by atoms with Crippen molar-refractivity contribution in [3.8, 4) is 0 Å². The standard InChI is InChI=1S/C13H16BrF2NO2S/c14-9-11-4-2-1-3-7-17(11)20(18,19)13-6-5-10(15)8-12(13)16/h5-6,8,11H,1-4,7,9H2. The Morgan fingerprint density at radius 2 is 2.00 bits per heavy atom. The predicted molar refractivity (Wildman–Crippen MR) is 76.3 cm³/mol. The number of nitrogens with zero attached hydrogens (tertiary/aromatic N) is 1. The zero-order valence-electron chi connectivity index (χ0n) is 10.9. The number of hydrogen-bond donors (Lipinski definition) is 0. The van der Waals surface area contributed by atoms with Gasteiger partial charge < -0.3 is 0 Å². The lowest BCUT2D eigenvalue weighted by Gasteiger charge is -2.27. The molecule has 1 aliphatic rings. The van der Waals surface area contributed by atoms with Crippen molar-refractivity contribution in [2.75, 3.05) is 11.9 Å². The van der Waals surface area contributed by atoms with Gasteiger partial charge >= 0.3 is 0 Å². The summed E-state index contributed by atoms with van der Waals surface area (Å²) in [4.78, 5) is -0.452. The summed E-state index contributed by atoms with van der Waals surface area (Å²) >= 11 is 3.32. The van der Waals surface area contributed by atoms with Gasteiger partial charge in [0.05, 0.1) is 0 Å². The molecule has 0 bridgehead atoms. The molecule has 20 heavy (non-hydrogen) atoms. The quantitative estimate of drug-likeness (QED) is 0.768. The third-order valence-electron chi connectivity index (χ3n) is 3.48. The third-order valence-corrected chi connectivity index (χ3v) is 6.21. The van der Waals surface area contributed by atoms with Gasteiger partial charge in [-0.15, -0.1) is 0 Å². The Labute approximate surface area is 126 Å². The van der Waals surface area contributed by atoms with E-state index in [0.29, 0.717) is 17.9 Å². The summed E-state index contributed by atoms with van der Waals surface area (Å²) in [6.07, 6.45) is 3.41. The summed E-state index contributed by atoms with van der Waals surface area (Å²) < 4.78 is 53.2. The van der Waals surface area contributed by atoms with Crippen molar-refractivity contribution in [1.82, 2.24) is 4.31 Å². The van der Waals surface area contributed by atoms with Gasteiger partial charge in [0.15, 0.2) is 0 Å². The van der Waals surface area contributed by atoms with Crippen LogP contribution in [0.4, 0.5) is 8.78 Å². The van der Waals surface area contributed by atoms with Gasteiger partial charge in [-0.1, -0.05) is 28.8 Å². The van der Waals surface area contributed by atoms with Gasteiger partial charge in [0, 0.05) is 24.0 Å². The van der Waals surface area contributed by atoms with Crippen LogP contribution in [0.5, 0.6) is 0 Å². The Balaban J connectivity index is 2.41. The van der Waals surface area contributed by atoms with Crippen molar-refractivity contribution in [2.45, 2.75) is 36.6 Å². The zero-order valence-corrected chi connectivity index (χ0v) is 13.3. The van der Waals surface area contributed by atoms with E-state index in [0.717, 1.165) is 37.8 Å². The number of rotatable bonds is 3. The number of benzene rings is 1. The van der Waals surface area contributed by atoms with Gasteiger partial charge in [0.2, 0.25) is 10.0 Å². The van der Waals surface area contributed by atoms with Crippen LogP contribution in [-0.2, 0) is 10.0 Å². The van der Waals surface area contributed by atoms with Crippen LogP contribution in [0.3, 0.4) is 0 Å². The molecule has 0 amide bonds. The van der Waals surface area contributed by atoms with Crippen LogP contribution in [0.25, 0.3) is 0 Å². The monoisotopic (exact) mass is 367 g/mol. The van der Waals surface area contributed by atoms with Crippen molar-refractivity contribution in [3.63, 3.8) is 0 Å². The Kier molecular flexibility index (Phi) is 5.14. The minimum atomic E-state index is -3.93.